The van der Waals surface area contributed by atoms with E-state index in [4.69, 9.17) is 0 Å². The van der Waals surface area contributed by atoms with Crippen LogP contribution in [0.1, 0.15) is 63.8 Å². The van der Waals surface area contributed by atoms with Gasteiger partial charge in [-0.05, 0) is 42.6 Å². The van der Waals surface area contributed by atoms with E-state index in [1.54, 1.807) is 17.0 Å². The average Bonchev–Trinajstić information content (AvgIpc) is 3.06. The van der Waals surface area contributed by atoms with E-state index in [9.17, 15) is 14.7 Å². The van der Waals surface area contributed by atoms with Crippen LogP contribution in [0.3, 0.4) is 0 Å². The first kappa shape index (κ1) is 24.7. The van der Waals surface area contributed by atoms with E-state index in [-0.39, 0.29) is 16.7 Å². The standard InChI is InChI=1S/C28H36N2O3/c1-6-29(7-2)18-11-19-30-24(20-14-16-22(17-15-20)28(3,4)5)23(26(32)27(30)33)25(31)21-12-9-8-10-13-21/h8-10,12-17,24,31H,6-7,11,18-19H2,1-5H3/b25-23+. The predicted octanol–water partition coefficient (Wildman–Crippen LogP) is 5.14. The van der Waals surface area contributed by atoms with E-state index in [2.05, 4.69) is 39.5 Å². The topological polar surface area (TPSA) is 60.9 Å². The Morgan fingerprint density at radius 1 is 0.970 bits per heavy atom. The number of amides is 1. The highest BCUT2D eigenvalue weighted by Gasteiger charge is 2.45. The van der Waals surface area contributed by atoms with Gasteiger partial charge in [0.2, 0.25) is 0 Å². The van der Waals surface area contributed by atoms with E-state index in [0.29, 0.717) is 12.1 Å². The number of rotatable bonds is 8. The lowest BCUT2D eigenvalue weighted by atomic mass is 9.85. The molecule has 0 spiro atoms. The summed E-state index contributed by atoms with van der Waals surface area (Å²) >= 11 is 0. The van der Waals surface area contributed by atoms with E-state index in [1.807, 2.05) is 42.5 Å². The molecule has 0 bridgehead atoms. The lowest BCUT2D eigenvalue weighted by molar-refractivity contribution is -0.140. The first-order chi connectivity index (χ1) is 15.7. The Morgan fingerprint density at radius 2 is 1.58 bits per heavy atom. The molecule has 2 aromatic rings. The molecular formula is C28H36N2O3. The van der Waals surface area contributed by atoms with Crippen molar-refractivity contribution in [3.63, 3.8) is 0 Å². The summed E-state index contributed by atoms with van der Waals surface area (Å²) in [6.07, 6.45) is 0.761. The number of Topliss-reactive ketones (excluding diaryl/α,β-unsaturated/α-hetero) is 1. The highest BCUT2D eigenvalue weighted by molar-refractivity contribution is 6.46. The maximum atomic E-state index is 13.1. The number of nitrogens with zero attached hydrogens (tertiary/aromatic N) is 2. The Labute approximate surface area is 197 Å². The first-order valence-corrected chi connectivity index (χ1v) is 11.9. The van der Waals surface area contributed by atoms with E-state index < -0.39 is 17.7 Å². The molecule has 3 rings (SSSR count). The Bertz CT molecular complexity index is 1000. The van der Waals surface area contributed by atoms with Gasteiger partial charge >= 0.3 is 0 Å². The molecule has 2 aromatic carbocycles. The molecule has 0 saturated carbocycles. The van der Waals surface area contributed by atoms with Crippen molar-refractivity contribution >= 4 is 17.4 Å². The fraction of sp³-hybridized carbons (Fsp3) is 0.429. The number of carbonyl (C=O) groups excluding carboxylic acids is 2. The lowest BCUT2D eigenvalue weighted by Gasteiger charge is -2.27. The molecule has 1 atom stereocenters. The number of ketones is 1. The molecule has 5 nitrogen and oxygen atoms in total. The molecule has 1 fully saturated rings. The van der Waals surface area contributed by atoms with Crippen LogP contribution >= 0.6 is 0 Å². The SMILES string of the molecule is CCN(CC)CCCN1C(=O)C(=O)/C(=C(/O)c2ccccc2)C1c1ccc(C(C)(C)C)cc1. The van der Waals surface area contributed by atoms with Gasteiger partial charge in [0.1, 0.15) is 5.76 Å². The second-order valence-electron chi connectivity index (χ2n) is 9.61. The lowest BCUT2D eigenvalue weighted by Crippen LogP contribution is -2.33. The summed E-state index contributed by atoms with van der Waals surface area (Å²) in [6, 6.07) is 16.4. The fourth-order valence-corrected chi connectivity index (χ4v) is 4.38. The Balaban J connectivity index is 2.03. The minimum absolute atomic E-state index is 0.00581. The molecule has 1 amide bonds. The van der Waals surface area contributed by atoms with Crippen LogP contribution in [0.5, 0.6) is 0 Å². The van der Waals surface area contributed by atoms with Gasteiger partial charge in [0, 0.05) is 12.1 Å². The summed E-state index contributed by atoms with van der Waals surface area (Å²) in [7, 11) is 0. The summed E-state index contributed by atoms with van der Waals surface area (Å²) in [5, 5.41) is 11.1. The quantitative estimate of drug-likeness (QED) is 0.345. The largest absolute Gasteiger partial charge is 0.507 e. The van der Waals surface area contributed by atoms with Gasteiger partial charge in [-0.15, -0.1) is 0 Å². The molecular weight excluding hydrogens is 412 g/mol. The predicted molar refractivity (Wildman–Crippen MR) is 133 cm³/mol. The van der Waals surface area contributed by atoms with Crippen LogP contribution in [-0.2, 0) is 15.0 Å². The van der Waals surface area contributed by atoms with Crippen molar-refractivity contribution in [3.05, 3.63) is 76.9 Å². The Hall–Kier alpha value is -2.92. The summed E-state index contributed by atoms with van der Waals surface area (Å²) in [6.45, 7) is 13.9. The summed E-state index contributed by atoms with van der Waals surface area (Å²) < 4.78 is 0. The molecule has 1 heterocycles. The summed E-state index contributed by atoms with van der Waals surface area (Å²) in [4.78, 5) is 30.2. The third-order valence-electron chi connectivity index (χ3n) is 6.45. The summed E-state index contributed by atoms with van der Waals surface area (Å²) in [5.41, 5.74) is 2.71. The highest BCUT2D eigenvalue weighted by Crippen LogP contribution is 2.40. The zero-order valence-corrected chi connectivity index (χ0v) is 20.5. The fourth-order valence-electron chi connectivity index (χ4n) is 4.38. The monoisotopic (exact) mass is 448 g/mol. The molecule has 1 saturated heterocycles. The van der Waals surface area contributed by atoms with Gasteiger partial charge in [-0.2, -0.15) is 0 Å². The van der Waals surface area contributed by atoms with Crippen molar-refractivity contribution < 1.29 is 14.7 Å². The van der Waals surface area contributed by atoms with Crippen LogP contribution in [0.25, 0.3) is 5.76 Å². The van der Waals surface area contributed by atoms with Crippen molar-refractivity contribution in [2.45, 2.75) is 52.5 Å². The molecule has 0 radical (unpaired) electrons. The van der Waals surface area contributed by atoms with Gasteiger partial charge in [-0.25, -0.2) is 0 Å². The van der Waals surface area contributed by atoms with Crippen molar-refractivity contribution in [2.75, 3.05) is 26.2 Å². The van der Waals surface area contributed by atoms with Gasteiger partial charge in [0.05, 0.1) is 11.6 Å². The number of aliphatic hydroxyl groups excluding tert-OH is 1. The minimum atomic E-state index is -0.621. The van der Waals surface area contributed by atoms with Gasteiger partial charge in [0.15, 0.2) is 0 Å². The molecule has 33 heavy (non-hydrogen) atoms. The van der Waals surface area contributed by atoms with Gasteiger partial charge in [0.25, 0.3) is 11.7 Å². The zero-order chi connectivity index (χ0) is 24.2. The minimum Gasteiger partial charge on any atom is -0.507 e. The Morgan fingerprint density at radius 3 is 2.12 bits per heavy atom. The van der Waals surface area contributed by atoms with E-state index >= 15 is 0 Å². The number of hydrogen-bond donors (Lipinski definition) is 1. The number of carbonyl (C=O) groups is 2. The third-order valence-corrected chi connectivity index (χ3v) is 6.45. The van der Waals surface area contributed by atoms with Crippen LogP contribution in [-0.4, -0.2) is 52.8 Å². The van der Waals surface area contributed by atoms with Crippen molar-refractivity contribution in [3.8, 4) is 0 Å². The van der Waals surface area contributed by atoms with Gasteiger partial charge < -0.3 is 14.9 Å². The molecule has 1 N–H and O–H groups in total. The molecule has 176 valence electrons. The van der Waals surface area contributed by atoms with Crippen LogP contribution in [0.4, 0.5) is 0 Å². The molecule has 0 aliphatic carbocycles. The summed E-state index contributed by atoms with van der Waals surface area (Å²) in [5.74, 6) is -1.29. The maximum absolute atomic E-state index is 13.1. The van der Waals surface area contributed by atoms with Crippen molar-refractivity contribution in [1.29, 1.82) is 0 Å². The zero-order valence-electron chi connectivity index (χ0n) is 20.5. The second-order valence-corrected chi connectivity index (χ2v) is 9.61. The highest BCUT2D eigenvalue weighted by atomic mass is 16.3. The Kier molecular flexibility index (Phi) is 7.75. The van der Waals surface area contributed by atoms with Gasteiger partial charge in [-0.1, -0.05) is 89.2 Å². The van der Waals surface area contributed by atoms with E-state index in [1.165, 1.54) is 5.56 Å². The number of aliphatic hydroxyl groups is 1. The average molecular weight is 449 g/mol. The number of hydrogen-bond acceptors (Lipinski definition) is 4. The number of benzene rings is 2. The van der Waals surface area contributed by atoms with Gasteiger partial charge in [-0.3, -0.25) is 9.59 Å². The van der Waals surface area contributed by atoms with Crippen LogP contribution in [0, 0.1) is 0 Å². The number of likely N-dealkylation sites (tertiary alicyclic amines) is 1. The smallest absolute Gasteiger partial charge is 0.295 e. The maximum Gasteiger partial charge on any atom is 0.295 e. The molecule has 5 heteroatoms. The first-order valence-electron chi connectivity index (χ1n) is 11.9. The normalized spacial score (nSPS) is 18.4. The molecule has 1 aliphatic heterocycles. The van der Waals surface area contributed by atoms with Crippen LogP contribution in [0.15, 0.2) is 60.2 Å². The van der Waals surface area contributed by atoms with Crippen molar-refractivity contribution in [2.24, 2.45) is 0 Å². The molecule has 0 aromatic heterocycles. The molecule has 1 aliphatic rings. The van der Waals surface area contributed by atoms with E-state index in [0.717, 1.165) is 31.6 Å². The molecule has 1 unspecified atom stereocenters. The van der Waals surface area contributed by atoms with Crippen molar-refractivity contribution in [1.82, 2.24) is 9.80 Å². The third kappa shape index (κ3) is 5.36. The second kappa shape index (κ2) is 10.3. The van der Waals surface area contributed by atoms with Crippen LogP contribution < -0.4 is 0 Å². The van der Waals surface area contributed by atoms with Crippen LogP contribution in [0.2, 0.25) is 0 Å².